The summed E-state index contributed by atoms with van der Waals surface area (Å²) in [5.41, 5.74) is 2.30. The van der Waals surface area contributed by atoms with Gasteiger partial charge in [0.05, 0.1) is 0 Å². The zero-order valence-corrected chi connectivity index (χ0v) is 11.5. The Kier molecular flexibility index (Phi) is 4.45. The Morgan fingerprint density at radius 3 is 2.47 bits per heavy atom. The van der Waals surface area contributed by atoms with Gasteiger partial charge in [-0.05, 0) is 47.7 Å². The van der Waals surface area contributed by atoms with E-state index in [1.54, 1.807) is 12.1 Å². The van der Waals surface area contributed by atoms with E-state index < -0.39 is 0 Å². The van der Waals surface area contributed by atoms with Crippen LogP contribution in [0.1, 0.15) is 37.3 Å². The molecule has 0 spiro atoms. The molecule has 19 heavy (non-hydrogen) atoms. The van der Waals surface area contributed by atoms with Crippen molar-refractivity contribution in [1.29, 1.82) is 0 Å². The fourth-order valence-corrected chi connectivity index (χ4v) is 1.94. The van der Waals surface area contributed by atoms with Crippen molar-refractivity contribution in [2.75, 3.05) is 0 Å². The molecule has 0 aromatic heterocycles. The van der Waals surface area contributed by atoms with E-state index in [-0.39, 0.29) is 5.75 Å². The monoisotopic (exact) mass is 256 g/mol. The minimum atomic E-state index is 0.271. The number of ether oxygens (including phenoxy) is 1. The molecular weight excluding hydrogens is 236 g/mol. The van der Waals surface area contributed by atoms with Crippen LogP contribution in [0.5, 0.6) is 11.5 Å². The lowest BCUT2D eigenvalue weighted by Gasteiger charge is -2.11. The Bertz CT molecular complexity index is 517. The lowest BCUT2D eigenvalue weighted by atomic mass is 9.99. The van der Waals surface area contributed by atoms with E-state index in [0.29, 0.717) is 12.5 Å². The molecule has 0 radical (unpaired) electrons. The third-order valence-electron chi connectivity index (χ3n) is 3.38. The molecule has 100 valence electrons. The van der Waals surface area contributed by atoms with Crippen molar-refractivity contribution >= 4 is 0 Å². The van der Waals surface area contributed by atoms with E-state index >= 15 is 0 Å². The van der Waals surface area contributed by atoms with E-state index in [9.17, 15) is 5.11 Å². The predicted molar refractivity (Wildman–Crippen MR) is 77.6 cm³/mol. The van der Waals surface area contributed by atoms with E-state index in [4.69, 9.17) is 4.74 Å². The Morgan fingerprint density at radius 1 is 1.11 bits per heavy atom. The quantitative estimate of drug-likeness (QED) is 0.854. The van der Waals surface area contributed by atoms with Crippen LogP contribution in [0.3, 0.4) is 0 Å². The fourth-order valence-electron chi connectivity index (χ4n) is 1.94. The van der Waals surface area contributed by atoms with Crippen molar-refractivity contribution in [2.45, 2.75) is 32.8 Å². The van der Waals surface area contributed by atoms with Crippen molar-refractivity contribution in [3.8, 4) is 11.5 Å². The molecule has 1 unspecified atom stereocenters. The first-order valence-corrected chi connectivity index (χ1v) is 6.69. The summed E-state index contributed by atoms with van der Waals surface area (Å²) < 4.78 is 5.70. The topological polar surface area (TPSA) is 29.5 Å². The molecule has 0 saturated heterocycles. The highest BCUT2D eigenvalue weighted by Gasteiger charge is 2.03. The molecule has 0 aliphatic rings. The maximum absolute atomic E-state index is 9.38. The van der Waals surface area contributed by atoms with Crippen LogP contribution < -0.4 is 4.74 Å². The first-order chi connectivity index (χ1) is 9.19. The highest BCUT2D eigenvalue weighted by Crippen LogP contribution is 2.22. The minimum absolute atomic E-state index is 0.271. The van der Waals surface area contributed by atoms with Gasteiger partial charge in [0.15, 0.2) is 0 Å². The first kappa shape index (κ1) is 13.5. The highest BCUT2D eigenvalue weighted by molar-refractivity contribution is 5.30. The van der Waals surface area contributed by atoms with Gasteiger partial charge in [-0.25, -0.2) is 0 Å². The average Bonchev–Trinajstić information content (AvgIpc) is 2.45. The number of hydrogen-bond acceptors (Lipinski definition) is 2. The first-order valence-electron chi connectivity index (χ1n) is 6.69. The van der Waals surface area contributed by atoms with Crippen LogP contribution in [0.15, 0.2) is 48.5 Å². The Balaban J connectivity index is 1.96. The van der Waals surface area contributed by atoms with Gasteiger partial charge in [-0.2, -0.15) is 0 Å². The molecule has 0 fully saturated rings. The van der Waals surface area contributed by atoms with Crippen molar-refractivity contribution in [3.05, 3.63) is 59.7 Å². The molecule has 2 aromatic carbocycles. The molecule has 0 saturated carbocycles. The molecule has 0 amide bonds. The second-order valence-corrected chi connectivity index (χ2v) is 4.84. The summed E-state index contributed by atoms with van der Waals surface area (Å²) in [6.45, 7) is 4.89. The largest absolute Gasteiger partial charge is 0.508 e. The maximum Gasteiger partial charge on any atom is 0.119 e. The summed E-state index contributed by atoms with van der Waals surface area (Å²) in [5.74, 6) is 1.71. The summed E-state index contributed by atoms with van der Waals surface area (Å²) in [7, 11) is 0. The lowest BCUT2D eigenvalue weighted by molar-refractivity contribution is 0.305. The zero-order valence-electron chi connectivity index (χ0n) is 11.5. The second kappa shape index (κ2) is 6.28. The van der Waals surface area contributed by atoms with Gasteiger partial charge in [0.1, 0.15) is 18.1 Å². The van der Waals surface area contributed by atoms with Crippen molar-refractivity contribution in [3.63, 3.8) is 0 Å². The van der Waals surface area contributed by atoms with Crippen LogP contribution in [0, 0.1) is 0 Å². The average molecular weight is 256 g/mol. The molecule has 1 N–H and O–H groups in total. The summed E-state index contributed by atoms with van der Waals surface area (Å²) in [4.78, 5) is 0. The third-order valence-corrected chi connectivity index (χ3v) is 3.38. The molecule has 1 atom stereocenters. The summed E-state index contributed by atoms with van der Waals surface area (Å²) in [6, 6.07) is 15.4. The summed E-state index contributed by atoms with van der Waals surface area (Å²) >= 11 is 0. The van der Waals surface area contributed by atoms with Crippen molar-refractivity contribution < 1.29 is 9.84 Å². The zero-order chi connectivity index (χ0) is 13.7. The fraction of sp³-hybridized carbons (Fsp3) is 0.294. The van der Waals surface area contributed by atoms with Gasteiger partial charge in [-0.1, -0.05) is 38.1 Å². The van der Waals surface area contributed by atoms with Gasteiger partial charge in [0.2, 0.25) is 0 Å². The van der Waals surface area contributed by atoms with Crippen LogP contribution in [0.25, 0.3) is 0 Å². The molecule has 0 aliphatic heterocycles. The Morgan fingerprint density at radius 2 is 1.84 bits per heavy atom. The Hall–Kier alpha value is -1.96. The van der Waals surface area contributed by atoms with Crippen LogP contribution in [0.4, 0.5) is 0 Å². The van der Waals surface area contributed by atoms with Crippen molar-refractivity contribution in [1.82, 2.24) is 0 Å². The van der Waals surface area contributed by atoms with Gasteiger partial charge in [-0.3, -0.25) is 0 Å². The van der Waals surface area contributed by atoms with E-state index in [1.165, 1.54) is 5.56 Å². The van der Waals surface area contributed by atoms with E-state index in [0.717, 1.165) is 17.7 Å². The van der Waals surface area contributed by atoms with Crippen molar-refractivity contribution in [2.24, 2.45) is 0 Å². The second-order valence-electron chi connectivity index (χ2n) is 4.84. The van der Waals surface area contributed by atoms with E-state index in [2.05, 4.69) is 26.0 Å². The number of hydrogen-bond donors (Lipinski definition) is 1. The molecule has 2 nitrogen and oxygen atoms in total. The minimum Gasteiger partial charge on any atom is -0.508 e. The normalized spacial score (nSPS) is 12.1. The van der Waals surface area contributed by atoms with Gasteiger partial charge >= 0.3 is 0 Å². The number of benzene rings is 2. The van der Waals surface area contributed by atoms with Crippen LogP contribution in [-0.4, -0.2) is 5.11 Å². The number of rotatable bonds is 5. The number of aromatic hydroxyl groups is 1. The van der Waals surface area contributed by atoms with Gasteiger partial charge in [0, 0.05) is 0 Å². The highest BCUT2D eigenvalue weighted by atomic mass is 16.5. The van der Waals surface area contributed by atoms with Crippen LogP contribution >= 0.6 is 0 Å². The maximum atomic E-state index is 9.38. The van der Waals surface area contributed by atoms with Gasteiger partial charge in [0.25, 0.3) is 0 Å². The third kappa shape index (κ3) is 3.75. The lowest BCUT2D eigenvalue weighted by Crippen LogP contribution is -1.96. The van der Waals surface area contributed by atoms with Gasteiger partial charge in [-0.15, -0.1) is 0 Å². The predicted octanol–water partition coefficient (Wildman–Crippen LogP) is 4.48. The summed E-state index contributed by atoms with van der Waals surface area (Å²) in [6.07, 6.45) is 1.14. The van der Waals surface area contributed by atoms with E-state index in [1.807, 2.05) is 24.3 Å². The SMILES string of the molecule is CCC(C)c1ccc(OCc2cccc(O)c2)cc1. The molecule has 0 heterocycles. The molecule has 0 aliphatic carbocycles. The number of phenolic OH excluding ortho intramolecular Hbond substituents is 1. The molecule has 0 bridgehead atoms. The molecular formula is C17H20O2. The molecule has 2 rings (SSSR count). The number of phenols is 1. The molecule has 2 aromatic rings. The van der Waals surface area contributed by atoms with Crippen LogP contribution in [-0.2, 0) is 6.61 Å². The van der Waals surface area contributed by atoms with Crippen LogP contribution in [0.2, 0.25) is 0 Å². The smallest absolute Gasteiger partial charge is 0.119 e. The standard InChI is InChI=1S/C17H20O2/c1-3-13(2)15-7-9-17(10-8-15)19-12-14-5-4-6-16(18)11-14/h4-11,13,18H,3,12H2,1-2H3. The molecule has 2 heteroatoms. The Labute approximate surface area is 114 Å². The summed E-state index contributed by atoms with van der Waals surface area (Å²) in [5, 5.41) is 9.38. The van der Waals surface area contributed by atoms with Gasteiger partial charge < -0.3 is 9.84 Å².